The molecule has 0 bridgehead atoms. The van der Waals surface area contributed by atoms with Crippen molar-refractivity contribution < 1.29 is 4.39 Å². The minimum Gasteiger partial charge on any atom is -0.310 e. The van der Waals surface area contributed by atoms with Crippen molar-refractivity contribution in [1.82, 2.24) is 14.8 Å². The fraction of sp³-hybridized carbons (Fsp3) is 0.385. The summed E-state index contributed by atoms with van der Waals surface area (Å²) < 4.78 is 15.4. The maximum atomic E-state index is 13.5. The van der Waals surface area contributed by atoms with E-state index in [9.17, 15) is 4.39 Å². The molecule has 102 valence electrons. The molecular weight excluding hydrogens is 288 g/mol. The van der Waals surface area contributed by atoms with Crippen LogP contribution in [-0.4, -0.2) is 14.8 Å². The zero-order valence-corrected chi connectivity index (χ0v) is 12.2. The van der Waals surface area contributed by atoms with E-state index in [1.54, 1.807) is 6.07 Å². The summed E-state index contributed by atoms with van der Waals surface area (Å²) in [6.07, 6.45) is 0. The van der Waals surface area contributed by atoms with E-state index < -0.39 is 5.82 Å². The summed E-state index contributed by atoms with van der Waals surface area (Å²) in [4.78, 5) is 0. The fourth-order valence-corrected chi connectivity index (χ4v) is 2.16. The molecule has 0 atom stereocenters. The summed E-state index contributed by atoms with van der Waals surface area (Å²) in [5.41, 5.74) is 0.645. The minimum absolute atomic E-state index is 0.0937. The molecule has 0 saturated heterocycles. The molecule has 0 radical (unpaired) electrons. The molecule has 6 heteroatoms. The number of alkyl halides is 1. The summed E-state index contributed by atoms with van der Waals surface area (Å²) in [7, 11) is 0. The van der Waals surface area contributed by atoms with Crippen LogP contribution in [0.15, 0.2) is 18.2 Å². The molecule has 1 heterocycles. The van der Waals surface area contributed by atoms with Crippen molar-refractivity contribution in [2.45, 2.75) is 26.3 Å². The van der Waals surface area contributed by atoms with Crippen LogP contribution in [0, 0.1) is 11.7 Å². The Bertz CT molecular complexity index is 581. The van der Waals surface area contributed by atoms with Crippen LogP contribution in [0.1, 0.15) is 19.7 Å². The second-order valence-corrected chi connectivity index (χ2v) is 5.38. The number of benzene rings is 1. The van der Waals surface area contributed by atoms with Gasteiger partial charge in [0, 0.05) is 12.1 Å². The van der Waals surface area contributed by atoms with Crippen LogP contribution in [-0.2, 0) is 12.4 Å². The van der Waals surface area contributed by atoms with Crippen LogP contribution in [0.25, 0.3) is 11.4 Å². The second-order valence-electron chi connectivity index (χ2n) is 4.71. The van der Waals surface area contributed by atoms with Gasteiger partial charge in [0.25, 0.3) is 0 Å². The molecule has 0 aliphatic heterocycles. The van der Waals surface area contributed by atoms with Gasteiger partial charge in [-0.25, -0.2) is 4.39 Å². The van der Waals surface area contributed by atoms with E-state index >= 15 is 0 Å². The van der Waals surface area contributed by atoms with E-state index in [2.05, 4.69) is 24.0 Å². The highest BCUT2D eigenvalue weighted by Gasteiger charge is 2.15. The standard InChI is InChI=1S/C13H14Cl2FN3/c1-8(2)7-19-12(6-14)17-18-13(19)9-3-4-10(15)11(16)5-9/h3-5,8H,6-7H2,1-2H3. The molecule has 0 aliphatic carbocycles. The largest absolute Gasteiger partial charge is 0.310 e. The lowest BCUT2D eigenvalue weighted by molar-refractivity contribution is 0.515. The minimum atomic E-state index is -0.467. The van der Waals surface area contributed by atoms with Gasteiger partial charge in [0.2, 0.25) is 0 Å². The highest BCUT2D eigenvalue weighted by molar-refractivity contribution is 6.30. The van der Waals surface area contributed by atoms with E-state index in [0.29, 0.717) is 23.1 Å². The third kappa shape index (κ3) is 3.07. The quantitative estimate of drug-likeness (QED) is 0.795. The number of nitrogens with zero attached hydrogens (tertiary/aromatic N) is 3. The lowest BCUT2D eigenvalue weighted by atomic mass is 10.2. The molecule has 0 saturated carbocycles. The molecule has 2 aromatic rings. The zero-order chi connectivity index (χ0) is 14.0. The molecule has 0 N–H and O–H groups in total. The predicted molar refractivity (Wildman–Crippen MR) is 74.8 cm³/mol. The first-order valence-electron chi connectivity index (χ1n) is 5.96. The molecule has 0 fully saturated rings. The summed E-state index contributed by atoms with van der Waals surface area (Å²) in [6, 6.07) is 4.60. The first kappa shape index (κ1) is 14.3. The van der Waals surface area contributed by atoms with Crippen molar-refractivity contribution >= 4 is 23.2 Å². The number of rotatable bonds is 4. The molecule has 0 spiro atoms. The Kier molecular flexibility index (Phi) is 4.42. The van der Waals surface area contributed by atoms with Crippen molar-refractivity contribution in [3.05, 3.63) is 34.9 Å². The van der Waals surface area contributed by atoms with Gasteiger partial charge < -0.3 is 4.57 Å². The van der Waals surface area contributed by atoms with Gasteiger partial charge in [-0.1, -0.05) is 25.4 Å². The lowest BCUT2D eigenvalue weighted by Gasteiger charge is -2.12. The highest BCUT2D eigenvalue weighted by Crippen LogP contribution is 2.24. The molecule has 0 amide bonds. The average molecular weight is 302 g/mol. The van der Waals surface area contributed by atoms with Gasteiger partial charge in [-0.3, -0.25) is 0 Å². The van der Waals surface area contributed by atoms with Crippen molar-refractivity contribution in [2.75, 3.05) is 0 Å². The Morgan fingerprint density at radius 3 is 2.63 bits per heavy atom. The van der Waals surface area contributed by atoms with Crippen LogP contribution in [0.3, 0.4) is 0 Å². The molecule has 1 aromatic carbocycles. The van der Waals surface area contributed by atoms with Gasteiger partial charge in [0.1, 0.15) is 11.6 Å². The Balaban J connectivity index is 2.48. The first-order chi connectivity index (χ1) is 9.02. The number of aromatic nitrogens is 3. The molecule has 1 aromatic heterocycles. The number of hydrogen-bond donors (Lipinski definition) is 0. The lowest BCUT2D eigenvalue weighted by Crippen LogP contribution is -2.09. The number of hydrogen-bond acceptors (Lipinski definition) is 2. The first-order valence-corrected chi connectivity index (χ1v) is 6.87. The molecule has 3 nitrogen and oxygen atoms in total. The Morgan fingerprint density at radius 2 is 2.05 bits per heavy atom. The van der Waals surface area contributed by atoms with Crippen LogP contribution >= 0.6 is 23.2 Å². The van der Waals surface area contributed by atoms with Gasteiger partial charge in [-0.15, -0.1) is 21.8 Å². The van der Waals surface area contributed by atoms with Gasteiger partial charge >= 0.3 is 0 Å². The highest BCUT2D eigenvalue weighted by atomic mass is 35.5. The molecule has 19 heavy (non-hydrogen) atoms. The van der Waals surface area contributed by atoms with Crippen LogP contribution in [0.4, 0.5) is 4.39 Å². The molecule has 2 rings (SSSR count). The fourth-order valence-electron chi connectivity index (χ4n) is 1.84. The van der Waals surface area contributed by atoms with Crippen molar-refractivity contribution in [3.63, 3.8) is 0 Å². The van der Waals surface area contributed by atoms with Crippen molar-refractivity contribution in [2.24, 2.45) is 5.92 Å². The van der Waals surface area contributed by atoms with E-state index in [4.69, 9.17) is 23.2 Å². The average Bonchev–Trinajstić information content (AvgIpc) is 2.75. The van der Waals surface area contributed by atoms with Crippen LogP contribution in [0.5, 0.6) is 0 Å². The van der Waals surface area contributed by atoms with Gasteiger partial charge in [-0.05, 0) is 24.1 Å². The van der Waals surface area contributed by atoms with E-state index in [1.165, 1.54) is 12.1 Å². The molecular formula is C13H14Cl2FN3. The SMILES string of the molecule is CC(C)Cn1c(CCl)nnc1-c1ccc(Cl)c(F)c1. The molecule has 0 unspecified atom stereocenters. The summed E-state index contributed by atoms with van der Waals surface area (Å²) in [6.45, 7) is 4.91. The van der Waals surface area contributed by atoms with Crippen LogP contribution in [0.2, 0.25) is 5.02 Å². The van der Waals surface area contributed by atoms with E-state index in [-0.39, 0.29) is 10.9 Å². The Labute approximate surface area is 121 Å². The maximum absolute atomic E-state index is 13.5. The zero-order valence-electron chi connectivity index (χ0n) is 10.7. The second kappa shape index (κ2) is 5.88. The number of halogens is 3. The normalized spacial score (nSPS) is 11.3. The summed E-state index contributed by atoms with van der Waals surface area (Å²) in [5.74, 6) is 1.51. The van der Waals surface area contributed by atoms with E-state index in [0.717, 1.165) is 6.54 Å². The molecule has 0 aliphatic rings. The Hall–Kier alpha value is -1.13. The third-order valence-electron chi connectivity index (χ3n) is 2.67. The summed E-state index contributed by atoms with van der Waals surface area (Å²) in [5, 5.41) is 8.24. The maximum Gasteiger partial charge on any atom is 0.164 e. The van der Waals surface area contributed by atoms with Crippen molar-refractivity contribution in [3.8, 4) is 11.4 Å². The van der Waals surface area contributed by atoms with Gasteiger partial charge in [0.15, 0.2) is 5.82 Å². The Morgan fingerprint density at radius 1 is 1.32 bits per heavy atom. The topological polar surface area (TPSA) is 30.7 Å². The van der Waals surface area contributed by atoms with Crippen molar-refractivity contribution in [1.29, 1.82) is 0 Å². The van der Waals surface area contributed by atoms with E-state index in [1.807, 2.05) is 4.57 Å². The predicted octanol–water partition coefficient (Wildman–Crippen LogP) is 4.13. The third-order valence-corrected chi connectivity index (χ3v) is 3.22. The monoisotopic (exact) mass is 301 g/mol. The van der Waals surface area contributed by atoms with Gasteiger partial charge in [0.05, 0.1) is 10.9 Å². The summed E-state index contributed by atoms with van der Waals surface area (Å²) >= 11 is 11.5. The van der Waals surface area contributed by atoms with Gasteiger partial charge in [-0.2, -0.15) is 0 Å². The smallest absolute Gasteiger partial charge is 0.164 e. The van der Waals surface area contributed by atoms with Crippen LogP contribution < -0.4 is 0 Å².